The number of sulfonamides is 1. The molecule has 7 heteroatoms. The first kappa shape index (κ1) is 17.0. The van der Waals surface area contributed by atoms with Crippen LogP contribution in [-0.2, 0) is 14.8 Å². The van der Waals surface area contributed by atoms with Crippen molar-refractivity contribution in [1.82, 2.24) is 9.29 Å². The molecule has 2 heterocycles. The van der Waals surface area contributed by atoms with Gasteiger partial charge in [0.2, 0.25) is 10.0 Å². The van der Waals surface area contributed by atoms with Crippen LogP contribution in [-0.4, -0.2) is 44.0 Å². The number of benzene rings is 2. The van der Waals surface area contributed by atoms with Crippen molar-refractivity contribution in [2.24, 2.45) is 0 Å². The summed E-state index contributed by atoms with van der Waals surface area (Å²) in [6, 6.07) is 16.7. The number of fused-ring (bicyclic) bond motifs is 1. The minimum absolute atomic E-state index is 0.301. The molecule has 1 N–H and O–H groups in total. The van der Waals surface area contributed by atoms with Gasteiger partial charge in [-0.15, -0.1) is 0 Å². The van der Waals surface area contributed by atoms with Crippen LogP contribution in [0.2, 0.25) is 0 Å². The smallest absolute Gasteiger partial charge is 0.243 e. The Balaban J connectivity index is 1.76. The van der Waals surface area contributed by atoms with Gasteiger partial charge in [-0.1, -0.05) is 30.3 Å². The summed E-state index contributed by atoms with van der Waals surface area (Å²) in [5.74, 6) is 0.605. The van der Waals surface area contributed by atoms with Crippen molar-refractivity contribution in [3.05, 3.63) is 60.8 Å². The van der Waals surface area contributed by atoms with Crippen LogP contribution in [0.3, 0.4) is 0 Å². The summed E-state index contributed by atoms with van der Waals surface area (Å²) in [4.78, 5) is 4.70. The number of nitrogens with zero attached hydrogens (tertiary/aromatic N) is 2. The number of anilines is 2. The zero-order valence-corrected chi connectivity index (χ0v) is 14.9. The Bertz CT molecular complexity index is 1020. The quantitative estimate of drug-likeness (QED) is 0.765. The first-order valence-electron chi connectivity index (χ1n) is 8.43. The van der Waals surface area contributed by atoms with Crippen LogP contribution in [0, 0.1) is 0 Å². The van der Waals surface area contributed by atoms with E-state index < -0.39 is 10.0 Å². The molecule has 1 aliphatic rings. The maximum absolute atomic E-state index is 13.1. The number of nitrogens with one attached hydrogen (secondary N) is 1. The van der Waals surface area contributed by atoms with E-state index in [1.165, 1.54) is 4.31 Å². The van der Waals surface area contributed by atoms with Gasteiger partial charge in [-0.3, -0.25) is 0 Å². The molecule has 1 aromatic heterocycles. The fraction of sp³-hybridized carbons (Fsp3) is 0.211. The molecule has 1 saturated heterocycles. The average molecular weight is 369 g/mol. The lowest BCUT2D eigenvalue weighted by molar-refractivity contribution is 0.0730. The van der Waals surface area contributed by atoms with Crippen LogP contribution in [0.25, 0.3) is 10.8 Å². The molecule has 134 valence electrons. The molecule has 0 aliphatic carbocycles. The summed E-state index contributed by atoms with van der Waals surface area (Å²) in [7, 11) is -3.58. The molecule has 0 bridgehead atoms. The minimum atomic E-state index is -3.58. The zero-order valence-electron chi connectivity index (χ0n) is 14.1. The maximum atomic E-state index is 13.1. The van der Waals surface area contributed by atoms with Gasteiger partial charge in [0.25, 0.3) is 0 Å². The Kier molecular flexibility index (Phi) is 4.58. The SMILES string of the molecule is O=S(=O)(c1cccc2cnc(Nc3ccccc3)cc12)N1CCOCC1. The van der Waals surface area contributed by atoms with Crippen molar-refractivity contribution in [2.45, 2.75) is 4.90 Å². The van der Waals surface area contributed by atoms with Crippen LogP contribution in [0.1, 0.15) is 0 Å². The first-order chi connectivity index (χ1) is 12.6. The molecule has 3 aromatic rings. The molecular weight excluding hydrogens is 350 g/mol. The largest absolute Gasteiger partial charge is 0.379 e. The maximum Gasteiger partial charge on any atom is 0.243 e. The monoisotopic (exact) mass is 369 g/mol. The van der Waals surface area contributed by atoms with E-state index in [1.807, 2.05) is 36.4 Å². The van der Waals surface area contributed by atoms with Gasteiger partial charge < -0.3 is 10.1 Å². The number of pyridine rings is 1. The Morgan fingerprint density at radius 3 is 2.54 bits per heavy atom. The van der Waals surface area contributed by atoms with E-state index >= 15 is 0 Å². The predicted octanol–water partition coefficient (Wildman–Crippen LogP) is 3.00. The molecule has 6 nitrogen and oxygen atoms in total. The van der Waals surface area contributed by atoms with E-state index in [4.69, 9.17) is 4.74 Å². The number of hydrogen-bond donors (Lipinski definition) is 1. The van der Waals surface area contributed by atoms with Gasteiger partial charge in [0, 0.05) is 35.7 Å². The van der Waals surface area contributed by atoms with Crippen molar-refractivity contribution in [3.8, 4) is 0 Å². The average Bonchev–Trinajstić information content (AvgIpc) is 2.69. The molecule has 1 aliphatic heterocycles. The van der Waals surface area contributed by atoms with Gasteiger partial charge in [-0.25, -0.2) is 13.4 Å². The van der Waals surface area contributed by atoms with Gasteiger partial charge in [0.05, 0.1) is 18.1 Å². The second kappa shape index (κ2) is 7.03. The van der Waals surface area contributed by atoms with Crippen LogP contribution >= 0.6 is 0 Å². The Morgan fingerprint density at radius 1 is 1.00 bits per heavy atom. The van der Waals surface area contributed by atoms with E-state index in [0.717, 1.165) is 11.1 Å². The summed E-state index contributed by atoms with van der Waals surface area (Å²) in [6.07, 6.45) is 1.69. The van der Waals surface area contributed by atoms with Crippen molar-refractivity contribution < 1.29 is 13.2 Å². The fourth-order valence-electron chi connectivity index (χ4n) is 3.03. The van der Waals surface area contributed by atoms with Gasteiger partial charge in [-0.05, 0) is 24.3 Å². The number of aromatic nitrogens is 1. The summed E-state index contributed by atoms with van der Waals surface area (Å²) in [5, 5.41) is 4.66. The molecule has 0 spiro atoms. The summed E-state index contributed by atoms with van der Waals surface area (Å²) < 4.78 is 33.0. The van der Waals surface area contributed by atoms with Crippen molar-refractivity contribution >= 4 is 32.3 Å². The highest BCUT2D eigenvalue weighted by Gasteiger charge is 2.27. The van der Waals surface area contributed by atoms with Crippen LogP contribution < -0.4 is 5.32 Å². The molecular formula is C19H19N3O3S. The normalized spacial score (nSPS) is 15.8. The van der Waals surface area contributed by atoms with Gasteiger partial charge in [0.15, 0.2) is 0 Å². The van der Waals surface area contributed by atoms with Crippen LogP contribution in [0.5, 0.6) is 0 Å². The number of ether oxygens (including phenoxy) is 1. The second-order valence-corrected chi connectivity index (χ2v) is 7.96. The molecule has 0 saturated carbocycles. The van der Waals surface area contributed by atoms with E-state index in [-0.39, 0.29) is 0 Å². The summed E-state index contributed by atoms with van der Waals surface area (Å²) >= 11 is 0. The lowest BCUT2D eigenvalue weighted by Gasteiger charge is -2.26. The highest BCUT2D eigenvalue weighted by molar-refractivity contribution is 7.89. The fourth-order valence-corrected chi connectivity index (χ4v) is 4.64. The summed E-state index contributed by atoms with van der Waals surface area (Å²) in [5.41, 5.74) is 0.896. The van der Waals surface area contributed by atoms with Crippen LogP contribution in [0.4, 0.5) is 11.5 Å². The Labute approximate surface area is 152 Å². The molecule has 0 amide bonds. The van der Waals surface area contributed by atoms with Gasteiger partial charge in [0.1, 0.15) is 5.82 Å². The molecule has 0 unspecified atom stereocenters. The lowest BCUT2D eigenvalue weighted by Crippen LogP contribution is -2.40. The van der Waals surface area contributed by atoms with Crippen molar-refractivity contribution in [1.29, 1.82) is 0 Å². The summed E-state index contributed by atoms with van der Waals surface area (Å²) in [6.45, 7) is 1.59. The van der Waals surface area contributed by atoms with Gasteiger partial charge >= 0.3 is 0 Å². The van der Waals surface area contributed by atoms with Gasteiger partial charge in [-0.2, -0.15) is 4.31 Å². The molecule has 1 fully saturated rings. The molecule has 2 aromatic carbocycles. The zero-order chi connectivity index (χ0) is 18.0. The number of hydrogen-bond acceptors (Lipinski definition) is 5. The van der Waals surface area contributed by atoms with E-state index in [0.29, 0.717) is 42.4 Å². The Hall–Kier alpha value is -2.48. The highest BCUT2D eigenvalue weighted by Crippen LogP contribution is 2.28. The number of rotatable bonds is 4. The third-order valence-corrected chi connectivity index (χ3v) is 6.31. The third kappa shape index (κ3) is 3.29. The molecule has 0 radical (unpaired) electrons. The van der Waals surface area contributed by atoms with Crippen molar-refractivity contribution in [2.75, 3.05) is 31.6 Å². The molecule has 4 rings (SSSR count). The first-order valence-corrected chi connectivity index (χ1v) is 9.87. The van der Waals surface area contributed by atoms with Crippen LogP contribution in [0.15, 0.2) is 65.7 Å². The lowest BCUT2D eigenvalue weighted by atomic mass is 10.2. The van der Waals surface area contributed by atoms with E-state index in [1.54, 1.807) is 24.4 Å². The van der Waals surface area contributed by atoms with Crippen molar-refractivity contribution in [3.63, 3.8) is 0 Å². The highest BCUT2D eigenvalue weighted by atomic mass is 32.2. The van der Waals surface area contributed by atoms with E-state index in [9.17, 15) is 8.42 Å². The van der Waals surface area contributed by atoms with E-state index in [2.05, 4.69) is 10.3 Å². The Morgan fingerprint density at radius 2 is 1.77 bits per heavy atom. The number of morpholine rings is 1. The third-order valence-electron chi connectivity index (χ3n) is 4.36. The topological polar surface area (TPSA) is 71.5 Å². The standard InChI is InChI=1S/C19H19N3O3S/c23-26(24,22-9-11-25-12-10-22)18-8-4-5-15-14-20-19(13-17(15)18)21-16-6-2-1-3-7-16/h1-8,13-14H,9-12H2,(H,20,21). The molecule has 0 atom stereocenters. The molecule has 26 heavy (non-hydrogen) atoms. The number of para-hydroxylation sites is 1. The predicted molar refractivity (Wildman–Crippen MR) is 101 cm³/mol. The second-order valence-electron chi connectivity index (χ2n) is 6.05. The minimum Gasteiger partial charge on any atom is -0.379 e.